The van der Waals surface area contributed by atoms with E-state index < -0.39 is 0 Å². The highest BCUT2D eigenvalue weighted by Crippen LogP contribution is 2.33. The molecule has 0 heterocycles. The first-order valence-electron chi connectivity index (χ1n) is 11.3. The van der Waals surface area contributed by atoms with Crippen LogP contribution in [0.5, 0.6) is 11.5 Å². The minimum Gasteiger partial charge on any atom is -0.493 e. The molecule has 2 N–H and O–H groups in total. The van der Waals surface area contributed by atoms with E-state index in [2.05, 4.69) is 10.6 Å². The number of urea groups is 1. The van der Waals surface area contributed by atoms with Crippen LogP contribution in [-0.4, -0.2) is 25.5 Å². The third-order valence-electron chi connectivity index (χ3n) is 4.61. The maximum absolute atomic E-state index is 12.2. The molecular formula is C28H32N2O4. The molecule has 3 aromatic carbocycles. The molecule has 0 saturated heterocycles. The van der Waals surface area contributed by atoms with Crippen LogP contribution in [-0.2, 0) is 4.79 Å². The molecule has 0 saturated carbocycles. The van der Waals surface area contributed by atoms with E-state index in [0.29, 0.717) is 29.5 Å². The zero-order valence-corrected chi connectivity index (χ0v) is 20.3. The number of hydrogen-bond donors (Lipinski definition) is 2. The molecule has 0 radical (unpaired) electrons. The van der Waals surface area contributed by atoms with Crippen LogP contribution < -0.4 is 20.1 Å². The van der Waals surface area contributed by atoms with E-state index in [9.17, 15) is 9.59 Å². The Labute approximate surface area is 201 Å². The topological polar surface area (TPSA) is 76.7 Å². The number of amides is 2. The molecule has 178 valence electrons. The van der Waals surface area contributed by atoms with Gasteiger partial charge in [0.15, 0.2) is 17.3 Å². The summed E-state index contributed by atoms with van der Waals surface area (Å²) in [7, 11) is 1.59. The Bertz CT molecular complexity index is 1110. The lowest BCUT2D eigenvalue weighted by Gasteiger charge is -2.14. The SMILES string of the molecule is CC.CCOc1cc(/C(=C\C(C)=O)c2ccc(NC(=O)Nc3ccccc3)cc2)ccc1OC. The van der Waals surface area contributed by atoms with Gasteiger partial charge in [-0.25, -0.2) is 4.79 Å². The second kappa shape index (κ2) is 13.5. The zero-order chi connectivity index (χ0) is 24.9. The number of carbonyl (C=O) groups excluding carboxylic acids is 2. The number of ether oxygens (including phenoxy) is 2. The molecule has 0 aliphatic carbocycles. The largest absolute Gasteiger partial charge is 0.493 e. The fourth-order valence-corrected chi connectivity index (χ4v) is 3.20. The van der Waals surface area contributed by atoms with Gasteiger partial charge in [-0.2, -0.15) is 0 Å². The average molecular weight is 461 g/mol. The lowest BCUT2D eigenvalue weighted by atomic mass is 9.96. The summed E-state index contributed by atoms with van der Waals surface area (Å²) < 4.78 is 11.0. The molecule has 0 spiro atoms. The van der Waals surface area contributed by atoms with Gasteiger partial charge >= 0.3 is 6.03 Å². The van der Waals surface area contributed by atoms with Crippen LogP contribution in [0.25, 0.3) is 5.57 Å². The number of ketones is 1. The van der Waals surface area contributed by atoms with Crippen molar-refractivity contribution in [1.29, 1.82) is 0 Å². The molecule has 0 fully saturated rings. The predicted octanol–water partition coefficient (Wildman–Crippen LogP) is 6.78. The van der Waals surface area contributed by atoms with E-state index in [0.717, 1.165) is 16.7 Å². The Morgan fingerprint density at radius 2 is 1.41 bits per heavy atom. The Morgan fingerprint density at radius 1 is 0.824 bits per heavy atom. The molecular weight excluding hydrogens is 428 g/mol. The quantitative estimate of drug-likeness (QED) is 0.363. The fourth-order valence-electron chi connectivity index (χ4n) is 3.20. The number of carbonyl (C=O) groups is 2. The highest BCUT2D eigenvalue weighted by Gasteiger charge is 2.12. The van der Waals surface area contributed by atoms with Crippen LogP contribution in [0.1, 0.15) is 38.8 Å². The second-order valence-corrected chi connectivity index (χ2v) is 6.99. The number of methoxy groups -OCH3 is 1. The average Bonchev–Trinajstić information content (AvgIpc) is 2.85. The summed E-state index contributed by atoms with van der Waals surface area (Å²) in [4.78, 5) is 24.1. The molecule has 0 bridgehead atoms. The van der Waals surface area contributed by atoms with Crippen LogP contribution in [0.2, 0.25) is 0 Å². The normalized spacial score (nSPS) is 10.4. The minimum atomic E-state index is -0.333. The minimum absolute atomic E-state index is 0.0711. The van der Waals surface area contributed by atoms with Gasteiger partial charge < -0.3 is 20.1 Å². The third-order valence-corrected chi connectivity index (χ3v) is 4.61. The van der Waals surface area contributed by atoms with E-state index in [1.54, 1.807) is 25.3 Å². The number of rotatable bonds is 8. The van der Waals surface area contributed by atoms with Crippen molar-refractivity contribution in [3.8, 4) is 11.5 Å². The van der Waals surface area contributed by atoms with Crippen LogP contribution in [0.3, 0.4) is 0 Å². The van der Waals surface area contributed by atoms with Crippen molar-refractivity contribution < 1.29 is 19.1 Å². The van der Waals surface area contributed by atoms with Crippen molar-refractivity contribution in [3.05, 3.63) is 90.0 Å². The second-order valence-electron chi connectivity index (χ2n) is 6.99. The van der Waals surface area contributed by atoms with E-state index in [1.165, 1.54) is 6.92 Å². The maximum atomic E-state index is 12.2. The van der Waals surface area contributed by atoms with Gasteiger partial charge in [0.2, 0.25) is 0 Å². The number of para-hydroxylation sites is 1. The lowest BCUT2D eigenvalue weighted by molar-refractivity contribution is -0.112. The number of benzene rings is 3. The summed E-state index contributed by atoms with van der Waals surface area (Å²) in [6, 6.07) is 21.7. The molecule has 0 unspecified atom stereocenters. The summed E-state index contributed by atoms with van der Waals surface area (Å²) >= 11 is 0. The highest BCUT2D eigenvalue weighted by molar-refractivity contribution is 6.01. The van der Waals surface area contributed by atoms with Gasteiger partial charge in [-0.3, -0.25) is 4.79 Å². The first-order chi connectivity index (χ1) is 16.5. The van der Waals surface area contributed by atoms with Crippen molar-refractivity contribution >= 4 is 28.8 Å². The Balaban J connectivity index is 0.00000199. The van der Waals surface area contributed by atoms with Crippen LogP contribution in [0.15, 0.2) is 78.9 Å². The summed E-state index contributed by atoms with van der Waals surface area (Å²) in [6.45, 7) is 7.91. The number of allylic oxidation sites excluding steroid dienone is 1. The molecule has 0 aromatic heterocycles. The number of hydrogen-bond acceptors (Lipinski definition) is 4. The Kier molecular flexibility index (Phi) is 10.4. The van der Waals surface area contributed by atoms with E-state index in [1.807, 2.05) is 81.4 Å². The van der Waals surface area contributed by atoms with Crippen molar-refractivity contribution in [2.45, 2.75) is 27.7 Å². The predicted molar refractivity (Wildman–Crippen MR) is 139 cm³/mol. The summed E-state index contributed by atoms with van der Waals surface area (Å²) in [6.07, 6.45) is 1.59. The maximum Gasteiger partial charge on any atom is 0.323 e. The molecule has 6 heteroatoms. The first-order valence-corrected chi connectivity index (χ1v) is 11.3. The summed E-state index contributed by atoms with van der Waals surface area (Å²) in [5, 5.41) is 5.58. The summed E-state index contributed by atoms with van der Waals surface area (Å²) in [5.74, 6) is 1.16. The fraction of sp³-hybridized carbons (Fsp3) is 0.214. The van der Waals surface area contributed by atoms with E-state index in [4.69, 9.17) is 9.47 Å². The molecule has 0 atom stereocenters. The Morgan fingerprint density at radius 3 is 1.97 bits per heavy atom. The van der Waals surface area contributed by atoms with Crippen molar-refractivity contribution in [3.63, 3.8) is 0 Å². The molecule has 2 amide bonds. The van der Waals surface area contributed by atoms with Crippen molar-refractivity contribution in [2.24, 2.45) is 0 Å². The molecule has 34 heavy (non-hydrogen) atoms. The van der Waals surface area contributed by atoms with Gasteiger partial charge in [0.1, 0.15) is 0 Å². The van der Waals surface area contributed by atoms with Crippen molar-refractivity contribution in [2.75, 3.05) is 24.4 Å². The van der Waals surface area contributed by atoms with E-state index in [-0.39, 0.29) is 11.8 Å². The van der Waals surface area contributed by atoms with Gasteiger partial charge in [-0.05, 0) is 73.0 Å². The van der Waals surface area contributed by atoms with Crippen molar-refractivity contribution in [1.82, 2.24) is 0 Å². The highest BCUT2D eigenvalue weighted by atomic mass is 16.5. The Hall–Kier alpha value is -4.06. The molecule has 3 aromatic rings. The molecule has 6 nitrogen and oxygen atoms in total. The smallest absolute Gasteiger partial charge is 0.323 e. The van der Waals surface area contributed by atoms with Gasteiger partial charge in [0.05, 0.1) is 13.7 Å². The molecule has 0 aliphatic rings. The number of anilines is 2. The lowest BCUT2D eigenvalue weighted by Crippen LogP contribution is -2.19. The van der Waals surface area contributed by atoms with Gasteiger partial charge in [-0.15, -0.1) is 0 Å². The van der Waals surface area contributed by atoms with Crippen LogP contribution in [0.4, 0.5) is 16.2 Å². The van der Waals surface area contributed by atoms with Crippen LogP contribution >= 0.6 is 0 Å². The van der Waals surface area contributed by atoms with Crippen LogP contribution in [0, 0.1) is 0 Å². The zero-order valence-electron chi connectivity index (χ0n) is 20.3. The summed E-state index contributed by atoms with van der Waals surface area (Å²) in [5.41, 5.74) is 3.75. The number of nitrogens with one attached hydrogen (secondary N) is 2. The van der Waals surface area contributed by atoms with Gasteiger partial charge in [0, 0.05) is 11.4 Å². The molecule has 3 rings (SSSR count). The van der Waals surface area contributed by atoms with E-state index >= 15 is 0 Å². The monoisotopic (exact) mass is 460 g/mol. The van der Waals surface area contributed by atoms with Gasteiger partial charge in [0.25, 0.3) is 0 Å². The van der Waals surface area contributed by atoms with Gasteiger partial charge in [-0.1, -0.05) is 50.2 Å². The first kappa shape index (κ1) is 26.2. The molecule has 0 aliphatic heterocycles. The third kappa shape index (κ3) is 7.52. The standard InChI is InChI=1S/C26H26N2O4.C2H6/c1-4-32-25-17-20(12-15-24(25)31-3)23(16-18(2)29)19-10-13-22(14-11-19)28-26(30)27-21-8-6-5-7-9-21;1-2/h5-17H,4H2,1-3H3,(H2,27,28,30);1-2H3/b23-16-;.